The van der Waals surface area contributed by atoms with Crippen LogP contribution in [0.3, 0.4) is 0 Å². The molecule has 2 aliphatic carbocycles. The molecule has 0 radical (unpaired) electrons. The first-order valence-corrected chi connectivity index (χ1v) is 8.32. The SMILES string of the molecule is CNC(CN(CC1CC1)CC1CC1)c1cccc(OC)c1. The Morgan fingerprint density at radius 2 is 1.86 bits per heavy atom. The van der Waals surface area contributed by atoms with Crippen molar-refractivity contribution in [3.05, 3.63) is 29.8 Å². The van der Waals surface area contributed by atoms with Crippen LogP contribution >= 0.6 is 0 Å². The number of likely N-dealkylation sites (N-methyl/N-ethyl adjacent to an activating group) is 1. The van der Waals surface area contributed by atoms with Gasteiger partial charge in [0.25, 0.3) is 0 Å². The van der Waals surface area contributed by atoms with Crippen LogP contribution in [0.1, 0.15) is 37.3 Å². The lowest BCUT2D eigenvalue weighted by molar-refractivity contribution is 0.228. The van der Waals surface area contributed by atoms with Gasteiger partial charge in [0.05, 0.1) is 7.11 Å². The average molecular weight is 288 g/mol. The second-order valence-electron chi connectivity index (χ2n) is 6.72. The number of ether oxygens (including phenoxy) is 1. The van der Waals surface area contributed by atoms with Gasteiger partial charge in [-0.1, -0.05) is 12.1 Å². The molecule has 1 aromatic rings. The lowest BCUT2D eigenvalue weighted by Gasteiger charge is -2.28. The second kappa shape index (κ2) is 6.80. The third kappa shape index (κ3) is 4.45. The molecule has 1 unspecified atom stereocenters. The maximum atomic E-state index is 5.36. The van der Waals surface area contributed by atoms with Crippen LogP contribution in [0.5, 0.6) is 5.75 Å². The van der Waals surface area contributed by atoms with Gasteiger partial charge in [0.2, 0.25) is 0 Å². The van der Waals surface area contributed by atoms with Gasteiger partial charge in [0.1, 0.15) is 5.75 Å². The fourth-order valence-corrected chi connectivity index (χ4v) is 3.03. The Morgan fingerprint density at radius 1 is 1.19 bits per heavy atom. The summed E-state index contributed by atoms with van der Waals surface area (Å²) in [4.78, 5) is 2.69. The maximum Gasteiger partial charge on any atom is 0.119 e. The first kappa shape index (κ1) is 14.9. The van der Waals surface area contributed by atoms with Gasteiger partial charge in [0.15, 0.2) is 0 Å². The number of hydrogen-bond donors (Lipinski definition) is 1. The van der Waals surface area contributed by atoms with E-state index in [0.29, 0.717) is 6.04 Å². The van der Waals surface area contributed by atoms with E-state index in [1.165, 1.54) is 44.3 Å². The Labute approximate surface area is 128 Å². The van der Waals surface area contributed by atoms with Crippen molar-refractivity contribution in [1.29, 1.82) is 0 Å². The molecule has 1 atom stereocenters. The minimum absolute atomic E-state index is 0.387. The first-order valence-electron chi connectivity index (χ1n) is 8.32. The monoisotopic (exact) mass is 288 g/mol. The van der Waals surface area contributed by atoms with E-state index < -0.39 is 0 Å². The van der Waals surface area contributed by atoms with Crippen LogP contribution < -0.4 is 10.1 Å². The van der Waals surface area contributed by atoms with Crippen molar-refractivity contribution < 1.29 is 4.74 Å². The van der Waals surface area contributed by atoms with Crippen LogP contribution in [0, 0.1) is 11.8 Å². The third-order valence-corrected chi connectivity index (χ3v) is 4.71. The van der Waals surface area contributed by atoms with E-state index in [1.54, 1.807) is 7.11 Å². The van der Waals surface area contributed by atoms with E-state index in [0.717, 1.165) is 24.1 Å². The molecule has 0 heterocycles. The molecule has 0 saturated heterocycles. The zero-order valence-electron chi connectivity index (χ0n) is 13.3. The van der Waals surface area contributed by atoms with Crippen molar-refractivity contribution in [2.45, 2.75) is 31.7 Å². The molecule has 2 saturated carbocycles. The molecule has 0 aromatic heterocycles. The van der Waals surface area contributed by atoms with Crippen LogP contribution in [-0.2, 0) is 0 Å². The molecule has 2 aliphatic rings. The minimum atomic E-state index is 0.387. The molecule has 2 fully saturated rings. The van der Waals surface area contributed by atoms with Gasteiger partial charge in [-0.2, -0.15) is 0 Å². The maximum absolute atomic E-state index is 5.36. The summed E-state index contributed by atoms with van der Waals surface area (Å²) in [5, 5.41) is 3.49. The molecule has 0 bridgehead atoms. The van der Waals surface area contributed by atoms with Gasteiger partial charge in [-0.05, 0) is 62.3 Å². The van der Waals surface area contributed by atoms with Crippen LogP contribution in [-0.4, -0.2) is 38.7 Å². The largest absolute Gasteiger partial charge is 0.497 e. The van der Waals surface area contributed by atoms with E-state index in [2.05, 4.69) is 35.5 Å². The Bertz CT molecular complexity index is 440. The average Bonchev–Trinajstić information content (AvgIpc) is 3.41. The van der Waals surface area contributed by atoms with Gasteiger partial charge in [-0.25, -0.2) is 0 Å². The predicted molar refractivity (Wildman–Crippen MR) is 86.7 cm³/mol. The Hall–Kier alpha value is -1.06. The molecule has 0 aliphatic heterocycles. The topological polar surface area (TPSA) is 24.5 Å². The highest BCUT2D eigenvalue weighted by atomic mass is 16.5. The molecule has 21 heavy (non-hydrogen) atoms. The lowest BCUT2D eigenvalue weighted by atomic mass is 10.1. The standard InChI is InChI=1S/C18H28N2O/c1-19-18(16-4-3-5-17(10-16)21-2)13-20(11-14-6-7-14)12-15-8-9-15/h3-5,10,14-15,18-19H,6-9,11-13H2,1-2H3. The summed E-state index contributed by atoms with van der Waals surface area (Å²) in [6, 6.07) is 8.86. The first-order chi connectivity index (χ1) is 10.3. The molecule has 1 N–H and O–H groups in total. The Kier molecular flexibility index (Phi) is 4.81. The number of methoxy groups -OCH3 is 1. The van der Waals surface area contributed by atoms with Crippen LogP contribution in [0.4, 0.5) is 0 Å². The molecule has 1 aromatic carbocycles. The second-order valence-corrected chi connectivity index (χ2v) is 6.72. The predicted octanol–water partition coefficient (Wildman–Crippen LogP) is 3.08. The summed E-state index contributed by atoms with van der Waals surface area (Å²) in [6.07, 6.45) is 5.74. The minimum Gasteiger partial charge on any atom is -0.497 e. The number of hydrogen-bond acceptors (Lipinski definition) is 3. The molecular weight excluding hydrogens is 260 g/mol. The Morgan fingerprint density at radius 3 is 2.38 bits per heavy atom. The summed E-state index contributed by atoms with van der Waals surface area (Å²) in [5.41, 5.74) is 1.33. The van der Waals surface area contributed by atoms with Crippen molar-refractivity contribution in [3.8, 4) is 5.75 Å². The molecule has 116 valence electrons. The fourth-order valence-electron chi connectivity index (χ4n) is 3.03. The highest BCUT2D eigenvalue weighted by molar-refractivity contribution is 5.30. The highest BCUT2D eigenvalue weighted by Gasteiger charge is 2.30. The van der Waals surface area contributed by atoms with Gasteiger partial charge >= 0.3 is 0 Å². The van der Waals surface area contributed by atoms with Crippen LogP contribution in [0.25, 0.3) is 0 Å². The van der Waals surface area contributed by atoms with Gasteiger partial charge in [-0.15, -0.1) is 0 Å². The molecular formula is C18H28N2O. The quantitative estimate of drug-likeness (QED) is 0.756. The summed E-state index contributed by atoms with van der Waals surface area (Å²) < 4.78 is 5.36. The number of nitrogens with one attached hydrogen (secondary N) is 1. The molecule has 3 heteroatoms. The summed E-state index contributed by atoms with van der Waals surface area (Å²) in [5.74, 6) is 2.88. The van der Waals surface area contributed by atoms with Gasteiger partial charge < -0.3 is 15.0 Å². The van der Waals surface area contributed by atoms with Crippen molar-refractivity contribution in [2.24, 2.45) is 11.8 Å². The summed E-state index contributed by atoms with van der Waals surface area (Å²) in [7, 11) is 3.80. The number of benzene rings is 1. The number of rotatable bonds is 9. The summed E-state index contributed by atoms with van der Waals surface area (Å²) in [6.45, 7) is 3.69. The molecule has 0 spiro atoms. The van der Waals surface area contributed by atoms with Crippen molar-refractivity contribution in [1.82, 2.24) is 10.2 Å². The molecule has 0 amide bonds. The van der Waals surface area contributed by atoms with Crippen LogP contribution in [0.15, 0.2) is 24.3 Å². The zero-order valence-corrected chi connectivity index (χ0v) is 13.3. The van der Waals surface area contributed by atoms with E-state index >= 15 is 0 Å². The van der Waals surface area contributed by atoms with Gasteiger partial charge in [0, 0.05) is 25.7 Å². The number of nitrogens with zero attached hydrogens (tertiary/aromatic N) is 1. The zero-order chi connectivity index (χ0) is 14.7. The van der Waals surface area contributed by atoms with Crippen molar-refractivity contribution in [3.63, 3.8) is 0 Å². The molecule has 3 nitrogen and oxygen atoms in total. The Balaban J connectivity index is 1.64. The van der Waals surface area contributed by atoms with Gasteiger partial charge in [-0.3, -0.25) is 0 Å². The van der Waals surface area contributed by atoms with Crippen molar-refractivity contribution in [2.75, 3.05) is 33.8 Å². The van der Waals surface area contributed by atoms with Crippen molar-refractivity contribution >= 4 is 0 Å². The smallest absolute Gasteiger partial charge is 0.119 e. The molecule has 3 rings (SSSR count). The van der Waals surface area contributed by atoms with E-state index in [9.17, 15) is 0 Å². The van der Waals surface area contributed by atoms with Crippen LogP contribution in [0.2, 0.25) is 0 Å². The normalized spacial score (nSPS) is 19.8. The highest BCUT2D eigenvalue weighted by Crippen LogP contribution is 2.34. The fraction of sp³-hybridized carbons (Fsp3) is 0.667. The third-order valence-electron chi connectivity index (χ3n) is 4.71. The van der Waals surface area contributed by atoms with E-state index in [4.69, 9.17) is 4.74 Å². The lowest BCUT2D eigenvalue weighted by Crippen LogP contribution is -2.36. The van der Waals surface area contributed by atoms with E-state index in [-0.39, 0.29) is 0 Å². The van der Waals surface area contributed by atoms with E-state index in [1.807, 2.05) is 6.07 Å². The summed E-state index contributed by atoms with van der Waals surface area (Å²) >= 11 is 0.